The Morgan fingerprint density at radius 3 is 2.24 bits per heavy atom. The van der Waals surface area contributed by atoms with E-state index in [9.17, 15) is 10.2 Å². The number of hydrogen-bond donors (Lipinski definition) is 3. The van der Waals surface area contributed by atoms with Crippen LogP contribution in [0.5, 0.6) is 0 Å². The summed E-state index contributed by atoms with van der Waals surface area (Å²) in [7, 11) is 0. The Bertz CT molecular complexity index is 336. The van der Waals surface area contributed by atoms with Gasteiger partial charge in [0.2, 0.25) is 0 Å². The highest BCUT2D eigenvalue weighted by Gasteiger charge is 2.22. The molecule has 0 spiro atoms. The van der Waals surface area contributed by atoms with Crippen LogP contribution in [0, 0.1) is 5.41 Å². The summed E-state index contributed by atoms with van der Waals surface area (Å²) in [6.45, 7) is 4.37. The molecule has 0 radical (unpaired) electrons. The molecule has 0 bridgehead atoms. The van der Waals surface area contributed by atoms with Crippen LogP contribution < -0.4 is 5.32 Å². The lowest BCUT2D eigenvalue weighted by Crippen LogP contribution is -2.38. The second-order valence-electron chi connectivity index (χ2n) is 4.78. The number of benzene rings is 1. The Labute approximate surface area is 107 Å². The molecule has 3 nitrogen and oxygen atoms in total. The van der Waals surface area contributed by atoms with E-state index in [-0.39, 0.29) is 19.3 Å². The summed E-state index contributed by atoms with van der Waals surface area (Å²) in [4.78, 5) is 0. The lowest BCUT2D eigenvalue weighted by Gasteiger charge is -2.27. The van der Waals surface area contributed by atoms with Crippen LogP contribution in [-0.4, -0.2) is 30.0 Å². The van der Waals surface area contributed by atoms with Gasteiger partial charge in [0, 0.05) is 23.0 Å². The van der Waals surface area contributed by atoms with Crippen molar-refractivity contribution in [1.29, 1.82) is 0 Å². The van der Waals surface area contributed by atoms with Gasteiger partial charge in [-0.1, -0.05) is 30.7 Å². The zero-order chi connectivity index (χ0) is 12.9. The van der Waals surface area contributed by atoms with Gasteiger partial charge in [-0.25, -0.2) is 0 Å². The molecule has 0 aromatic heterocycles. The predicted octanol–water partition coefficient (Wildman–Crippen LogP) is 1.98. The van der Waals surface area contributed by atoms with Crippen molar-refractivity contribution >= 4 is 11.6 Å². The maximum Gasteiger partial charge on any atom is 0.0519 e. The molecule has 0 aliphatic heterocycles. The minimum absolute atomic E-state index is 0.0379. The summed E-state index contributed by atoms with van der Waals surface area (Å²) in [6, 6.07) is 7.80. The lowest BCUT2D eigenvalue weighted by molar-refractivity contribution is 0.0677. The van der Waals surface area contributed by atoms with Crippen molar-refractivity contribution in [2.24, 2.45) is 5.41 Å². The van der Waals surface area contributed by atoms with E-state index in [1.54, 1.807) is 0 Å². The molecule has 1 atom stereocenters. The largest absolute Gasteiger partial charge is 0.396 e. The van der Waals surface area contributed by atoms with Crippen LogP contribution in [0.1, 0.15) is 25.5 Å². The monoisotopic (exact) mass is 257 g/mol. The topological polar surface area (TPSA) is 52.5 Å². The summed E-state index contributed by atoms with van der Waals surface area (Å²) in [5.41, 5.74) is 0.647. The summed E-state index contributed by atoms with van der Waals surface area (Å²) in [5, 5.41) is 22.4. The second kappa shape index (κ2) is 6.36. The SMILES string of the molecule is C[C@H](NCC(C)(CO)CO)c1ccc(Cl)cc1. The van der Waals surface area contributed by atoms with Crippen LogP contribution in [-0.2, 0) is 0 Å². The number of aliphatic hydroxyl groups excluding tert-OH is 2. The first-order chi connectivity index (χ1) is 8.00. The third kappa shape index (κ3) is 4.28. The van der Waals surface area contributed by atoms with Gasteiger partial charge in [-0.05, 0) is 24.6 Å². The molecule has 0 unspecified atom stereocenters. The maximum atomic E-state index is 9.19. The zero-order valence-electron chi connectivity index (χ0n) is 10.3. The molecule has 0 aliphatic carbocycles. The molecule has 1 aromatic carbocycles. The highest BCUT2D eigenvalue weighted by atomic mass is 35.5. The predicted molar refractivity (Wildman–Crippen MR) is 70.1 cm³/mol. The van der Waals surface area contributed by atoms with Crippen LogP contribution in [0.4, 0.5) is 0 Å². The molecule has 0 amide bonds. The molecule has 1 rings (SSSR count). The quantitative estimate of drug-likeness (QED) is 0.731. The van der Waals surface area contributed by atoms with Crippen molar-refractivity contribution in [2.45, 2.75) is 19.9 Å². The van der Waals surface area contributed by atoms with Crippen LogP contribution in [0.3, 0.4) is 0 Å². The van der Waals surface area contributed by atoms with Crippen LogP contribution in [0.25, 0.3) is 0 Å². The Kier molecular flexibility index (Phi) is 5.40. The van der Waals surface area contributed by atoms with E-state index in [1.165, 1.54) is 0 Å². The first-order valence-corrected chi connectivity index (χ1v) is 6.09. The number of nitrogens with one attached hydrogen (secondary N) is 1. The minimum Gasteiger partial charge on any atom is -0.396 e. The van der Waals surface area contributed by atoms with E-state index in [4.69, 9.17) is 11.6 Å². The molecular weight excluding hydrogens is 238 g/mol. The summed E-state index contributed by atoms with van der Waals surface area (Å²) in [6.07, 6.45) is 0. The normalized spacial score (nSPS) is 13.7. The van der Waals surface area contributed by atoms with Crippen molar-refractivity contribution in [3.63, 3.8) is 0 Å². The second-order valence-corrected chi connectivity index (χ2v) is 5.22. The van der Waals surface area contributed by atoms with Gasteiger partial charge in [-0.2, -0.15) is 0 Å². The van der Waals surface area contributed by atoms with Crippen molar-refractivity contribution in [3.8, 4) is 0 Å². The first kappa shape index (κ1) is 14.5. The van der Waals surface area contributed by atoms with Crippen molar-refractivity contribution < 1.29 is 10.2 Å². The molecule has 0 saturated heterocycles. The van der Waals surface area contributed by atoms with Gasteiger partial charge in [-0.15, -0.1) is 0 Å². The Morgan fingerprint density at radius 1 is 1.24 bits per heavy atom. The van der Waals surface area contributed by atoms with Crippen LogP contribution in [0.2, 0.25) is 5.02 Å². The molecule has 4 heteroatoms. The third-order valence-electron chi connectivity index (χ3n) is 2.97. The van der Waals surface area contributed by atoms with E-state index < -0.39 is 5.41 Å². The van der Waals surface area contributed by atoms with Crippen molar-refractivity contribution in [2.75, 3.05) is 19.8 Å². The third-order valence-corrected chi connectivity index (χ3v) is 3.22. The summed E-state index contributed by atoms with van der Waals surface area (Å²) < 4.78 is 0. The number of aliphatic hydroxyl groups is 2. The molecule has 0 heterocycles. The van der Waals surface area contributed by atoms with E-state index in [0.29, 0.717) is 6.54 Å². The average Bonchev–Trinajstić information content (AvgIpc) is 2.36. The van der Waals surface area contributed by atoms with Crippen LogP contribution >= 0.6 is 11.6 Å². The van der Waals surface area contributed by atoms with Gasteiger partial charge >= 0.3 is 0 Å². The number of halogens is 1. The molecule has 0 aliphatic rings. The molecule has 96 valence electrons. The Balaban J connectivity index is 2.55. The number of rotatable bonds is 6. The van der Waals surface area contributed by atoms with Gasteiger partial charge in [0.25, 0.3) is 0 Å². The summed E-state index contributed by atoms with van der Waals surface area (Å²) in [5.74, 6) is 0. The minimum atomic E-state index is -0.485. The van der Waals surface area contributed by atoms with E-state index in [2.05, 4.69) is 5.32 Å². The van der Waals surface area contributed by atoms with E-state index in [1.807, 2.05) is 38.1 Å². The van der Waals surface area contributed by atoms with Gasteiger partial charge < -0.3 is 15.5 Å². The van der Waals surface area contributed by atoms with E-state index in [0.717, 1.165) is 10.6 Å². The molecule has 3 N–H and O–H groups in total. The fourth-order valence-corrected chi connectivity index (χ4v) is 1.56. The Hall–Kier alpha value is -0.610. The molecule has 0 fully saturated rings. The zero-order valence-corrected chi connectivity index (χ0v) is 11.0. The number of hydrogen-bond acceptors (Lipinski definition) is 3. The summed E-state index contributed by atoms with van der Waals surface area (Å²) >= 11 is 5.82. The van der Waals surface area contributed by atoms with Crippen molar-refractivity contribution in [3.05, 3.63) is 34.9 Å². The molecule has 17 heavy (non-hydrogen) atoms. The lowest BCUT2D eigenvalue weighted by atomic mass is 9.92. The molecular formula is C13H20ClNO2. The average molecular weight is 258 g/mol. The Morgan fingerprint density at radius 2 is 1.76 bits per heavy atom. The van der Waals surface area contributed by atoms with Gasteiger partial charge in [0.1, 0.15) is 0 Å². The first-order valence-electron chi connectivity index (χ1n) is 5.71. The highest BCUT2D eigenvalue weighted by molar-refractivity contribution is 6.30. The molecule has 0 saturated carbocycles. The smallest absolute Gasteiger partial charge is 0.0519 e. The van der Waals surface area contributed by atoms with Gasteiger partial charge in [0.15, 0.2) is 0 Å². The van der Waals surface area contributed by atoms with Crippen molar-refractivity contribution in [1.82, 2.24) is 5.32 Å². The maximum absolute atomic E-state index is 9.19. The fraction of sp³-hybridized carbons (Fsp3) is 0.538. The molecule has 1 aromatic rings. The standard InChI is InChI=1S/C13H20ClNO2/c1-10(11-3-5-12(14)6-4-11)15-7-13(2,8-16)9-17/h3-6,10,15-17H,7-9H2,1-2H3/t10-/m0/s1. The van der Waals surface area contributed by atoms with Crippen LogP contribution in [0.15, 0.2) is 24.3 Å². The van der Waals surface area contributed by atoms with E-state index >= 15 is 0 Å². The fourth-order valence-electron chi connectivity index (χ4n) is 1.43. The van der Waals surface area contributed by atoms with Gasteiger partial charge in [-0.3, -0.25) is 0 Å². The van der Waals surface area contributed by atoms with Gasteiger partial charge in [0.05, 0.1) is 13.2 Å². The highest BCUT2D eigenvalue weighted by Crippen LogP contribution is 2.18.